The minimum absolute atomic E-state index is 0.754. The second-order valence-electron chi connectivity index (χ2n) is 4.71. The molecule has 0 unspecified atom stereocenters. The van der Waals surface area contributed by atoms with Crippen molar-refractivity contribution in [1.82, 2.24) is 29.6 Å². The number of aryl methyl sites for hydroxylation is 1. The molecule has 0 spiro atoms. The van der Waals surface area contributed by atoms with Crippen molar-refractivity contribution in [1.29, 1.82) is 0 Å². The summed E-state index contributed by atoms with van der Waals surface area (Å²) in [6.07, 6.45) is 7.43. The molecule has 2 aromatic heterocycles. The number of fused-ring (bicyclic) bond motifs is 1. The minimum Gasteiger partial charge on any atom is -0.329 e. The monoisotopic (exact) mass is 246 g/mol. The van der Waals surface area contributed by atoms with Crippen molar-refractivity contribution in [2.45, 2.75) is 38.9 Å². The van der Waals surface area contributed by atoms with Crippen LogP contribution in [0.2, 0.25) is 0 Å². The van der Waals surface area contributed by atoms with Crippen LogP contribution < -0.4 is 5.32 Å². The molecule has 1 aliphatic rings. The molecular formula is C12H18N6. The van der Waals surface area contributed by atoms with Gasteiger partial charge in [-0.05, 0) is 19.9 Å². The Hall–Kier alpha value is -1.69. The zero-order chi connectivity index (χ0) is 12.4. The summed E-state index contributed by atoms with van der Waals surface area (Å²) in [6, 6.07) is 0. The summed E-state index contributed by atoms with van der Waals surface area (Å²) >= 11 is 0. The molecule has 0 saturated carbocycles. The van der Waals surface area contributed by atoms with E-state index < -0.39 is 0 Å². The van der Waals surface area contributed by atoms with Crippen LogP contribution in [0.5, 0.6) is 0 Å². The molecule has 0 aliphatic carbocycles. The third kappa shape index (κ3) is 2.15. The van der Waals surface area contributed by atoms with Crippen LogP contribution in [0.4, 0.5) is 0 Å². The summed E-state index contributed by atoms with van der Waals surface area (Å²) in [7, 11) is 1.92. The second-order valence-corrected chi connectivity index (χ2v) is 4.71. The Morgan fingerprint density at radius 3 is 3.17 bits per heavy atom. The first-order chi connectivity index (χ1) is 8.86. The van der Waals surface area contributed by atoms with E-state index in [4.69, 9.17) is 0 Å². The van der Waals surface area contributed by atoms with Gasteiger partial charge < -0.3 is 14.5 Å². The maximum absolute atomic E-state index is 4.34. The second kappa shape index (κ2) is 4.89. The Balaban J connectivity index is 1.77. The standard InChI is InChI=1S/C12H18N6/c1-13-6-10-7-17(9-14-10)8-12-16-15-11-4-2-3-5-18(11)12/h7,9,13H,2-6,8H2,1H3. The number of aromatic nitrogens is 5. The van der Waals surface area contributed by atoms with Crippen molar-refractivity contribution in [2.75, 3.05) is 7.05 Å². The summed E-state index contributed by atoms with van der Waals surface area (Å²) in [4.78, 5) is 4.34. The summed E-state index contributed by atoms with van der Waals surface area (Å²) in [5.41, 5.74) is 1.05. The quantitative estimate of drug-likeness (QED) is 0.857. The van der Waals surface area contributed by atoms with Crippen LogP contribution in [-0.2, 0) is 26.1 Å². The van der Waals surface area contributed by atoms with Crippen LogP contribution in [0.1, 0.15) is 30.2 Å². The first-order valence-electron chi connectivity index (χ1n) is 6.43. The van der Waals surface area contributed by atoms with E-state index in [9.17, 15) is 0 Å². The fourth-order valence-corrected chi connectivity index (χ4v) is 2.41. The third-order valence-electron chi connectivity index (χ3n) is 3.30. The Labute approximate surface area is 106 Å². The summed E-state index contributed by atoms with van der Waals surface area (Å²) in [5.74, 6) is 2.17. The van der Waals surface area contributed by atoms with Crippen LogP contribution in [0.3, 0.4) is 0 Å². The van der Waals surface area contributed by atoms with Gasteiger partial charge in [-0.1, -0.05) is 0 Å². The Bertz CT molecular complexity index is 526. The van der Waals surface area contributed by atoms with Crippen molar-refractivity contribution in [2.24, 2.45) is 0 Å². The number of nitrogens with zero attached hydrogens (tertiary/aromatic N) is 5. The van der Waals surface area contributed by atoms with Crippen molar-refractivity contribution in [3.8, 4) is 0 Å². The largest absolute Gasteiger partial charge is 0.329 e. The smallest absolute Gasteiger partial charge is 0.153 e. The highest BCUT2D eigenvalue weighted by molar-refractivity contribution is 5.02. The van der Waals surface area contributed by atoms with Gasteiger partial charge >= 0.3 is 0 Å². The molecular weight excluding hydrogens is 228 g/mol. The van der Waals surface area contributed by atoms with Crippen molar-refractivity contribution in [3.63, 3.8) is 0 Å². The lowest BCUT2D eigenvalue weighted by Gasteiger charge is -2.14. The molecule has 2 aromatic rings. The fraction of sp³-hybridized carbons (Fsp3) is 0.583. The van der Waals surface area contributed by atoms with Gasteiger partial charge in [0.25, 0.3) is 0 Å². The molecule has 0 bridgehead atoms. The lowest BCUT2D eigenvalue weighted by molar-refractivity contribution is 0.501. The molecule has 0 radical (unpaired) electrons. The predicted octanol–water partition coefficient (Wildman–Crippen LogP) is 0.579. The summed E-state index contributed by atoms with van der Waals surface area (Å²) in [6.45, 7) is 2.60. The van der Waals surface area contributed by atoms with Gasteiger partial charge in [-0.3, -0.25) is 0 Å². The molecule has 6 heteroatoms. The summed E-state index contributed by atoms with van der Waals surface area (Å²) in [5, 5.41) is 11.7. The zero-order valence-electron chi connectivity index (χ0n) is 10.6. The molecule has 0 aromatic carbocycles. The first-order valence-corrected chi connectivity index (χ1v) is 6.43. The zero-order valence-corrected chi connectivity index (χ0v) is 10.6. The maximum Gasteiger partial charge on any atom is 0.153 e. The van der Waals surface area contributed by atoms with Gasteiger partial charge in [-0.2, -0.15) is 0 Å². The van der Waals surface area contributed by atoms with E-state index in [0.29, 0.717) is 0 Å². The molecule has 6 nitrogen and oxygen atoms in total. The van der Waals surface area contributed by atoms with E-state index in [-0.39, 0.29) is 0 Å². The maximum atomic E-state index is 4.34. The van der Waals surface area contributed by atoms with Gasteiger partial charge in [0, 0.05) is 25.7 Å². The molecule has 3 rings (SSSR count). The lowest BCUT2D eigenvalue weighted by atomic mass is 10.2. The predicted molar refractivity (Wildman–Crippen MR) is 67.1 cm³/mol. The molecule has 1 N–H and O–H groups in total. The van der Waals surface area contributed by atoms with Crippen LogP contribution in [0.25, 0.3) is 0 Å². The number of hydrogen-bond donors (Lipinski definition) is 1. The molecule has 1 aliphatic heterocycles. The number of nitrogens with one attached hydrogen (secondary N) is 1. The van der Waals surface area contributed by atoms with Crippen LogP contribution >= 0.6 is 0 Å². The van der Waals surface area contributed by atoms with Crippen LogP contribution in [-0.4, -0.2) is 31.4 Å². The number of imidazole rings is 1. The SMILES string of the molecule is CNCc1cn(Cc2nnc3n2CCCC3)cn1. The molecule has 0 amide bonds. The Morgan fingerprint density at radius 1 is 1.33 bits per heavy atom. The van der Waals surface area contributed by atoms with E-state index in [1.165, 1.54) is 12.8 Å². The first kappa shape index (κ1) is 11.4. The Kier molecular flexibility index (Phi) is 3.10. The Morgan fingerprint density at radius 2 is 2.28 bits per heavy atom. The van der Waals surface area contributed by atoms with E-state index in [2.05, 4.69) is 35.8 Å². The highest BCUT2D eigenvalue weighted by Gasteiger charge is 2.15. The van der Waals surface area contributed by atoms with Gasteiger partial charge in [0.05, 0.1) is 18.6 Å². The molecule has 0 fully saturated rings. The lowest BCUT2D eigenvalue weighted by Crippen LogP contribution is -2.14. The van der Waals surface area contributed by atoms with E-state index >= 15 is 0 Å². The number of hydrogen-bond acceptors (Lipinski definition) is 4. The summed E-state index contributed by atoms with van der Waals surface area (Å²) < 4.78 is 4.32. The van der Waals surface area contributed by atoms with Gasteiger partial charge in [-0.25, -0.2) is 4.98 Å². The van der Waals surface area contributed by atoms with Gasteiger partial charge in [0.1, 0.15) is 5.82 Å². The molecule has 0 atom stereocenters. The van der Waals surface area contributed by atoms with Gasteiger partial charge in [0.15, 0.2) is 5.82 Å². The van der Waals surface area contributed by atoms with E-state index in [1.54, 1.807) is 0 Å². The van der Waals surface area contributed by atoms with Crippen LogP contribution in [0, 0.1) is 0 Å². The highest BCUT2D eigenvalue weighted by atomic mass is 15.3. The van der Waals surface area contributed by atoms with Crippen molar-refractivity contribution >= 4 is 0 Å². The average Bonchev–Trinajstić information content (AvgIpc) is 2.99. The van der Waals surface area contributed by atoms with E-state index in [1.807, 2.05) is 13.4 Å². The van der Waals surface area contributed by atoms with Gasteiger partial charge in [-0.15, -0.1) is 10.2 Å². The van der Waals surface area contributed by atoms with Crippen LogP contribution in [0.15, 0.2) is 12.5 Å². The fourth-order valence-electron chi connectivity index (χ4n) is 2.41. The average molecular weight is 246 g/mol. The topological polar surface area (TPSA) is 60.6 Å². The van der Waals surface area contributed by atoms with Crippen molar-refractivity contribution in [3.05, 3.63) is 29.9 Å². The van der Waals surface area contributed by atoms with Gasteiger partial charge in [0.2, 0.25) is 0 Å². The molecule has 3 heterocycles. The van der Waals surface area contributed by atoms with E-state index in [0.717, 1.165) is 43.4 Å². The number of rotatable bonds is 4. The third-order valence-corrected chi connectivity index (χ3v) is 3.30. The minimum atomic E-state index is 0.754. The highest BCUT2D eigenvalue weighted by Crippen LogP contribution is 2.14. The normalized spacial score (nSPS) is 14.7. The van der Waals surface area contributed by atoms with Crippen molar-refractivity contribution < 1.29 is 0 Å². The molecule has 96 valence electrons. The molecule has 0 saturated heterocycles. The molecule has 18 heavy (non-hydrogen) atoms.